The molecule has 0 radical (unpaired) electrons. The quantitative estimate of drug-likeness (QED) is 0.485. The second kappa shape index (κ2) is 2.30. The third kappa shape index (κ3) is 0.790. The average molecular weight is 154 g/mol. The molecular formula is C8H10O3. The van der Waals surface area contributed by atoms with E-state index in [0.717, 1.165) is 0 Å². The van der Waals surface area contributed by atoms with Gasteiger partial charge in [0.2, 0.25) is 0 Å². The maximum Gasteiger partial charge on any atom is 0.258 e. The molecule has 1 rings (SSSR count). The SMILES string of the molecule is C=CC1(O)OOC1(C=C)C=C. The Labute approximate surface area is 65.2 Å². The summed E-state index contributed by atoms with van der Waals surface area (Å²) >= 11 is 0. The largest absolute Gasteiger partial charge is 0.357 e. The van der Waals surface area contributed by atoms with Crippen molar-refractivity contribution >= 4 is 0 Å². The minimum absolute atomic E-state index is 1.05. The van der Waals surface area contributed by atoms with E-state index in [9.17, 15) is 5.11 Å². The monoisotopic (exact) mass is 154 g/mol. The minimum Gasteiger partial charge on any atom is -0.357 e. The second-order valence-electron chi connectivity index (χ2n) is 2.27. The molecule has 0 aliphatic carbocycles. The Morgan fingerprint density at radius 1 is 1.00 bits per heavy atom. The molecule has 1 fully saturated rings. The number of aliphatic hydroxyl groups is 1. The summed E-state index contributed by atoms with van der Waals surface area (Å²) in [6.45, 7) is 10.4. The fourth-order valence-electron chi connectivity index (χ4n) is 0.861. The molecule has 0 aromatic heterocycles. The van der Waals surface area contributed by atoms with Crippen molar-refractivity contribution in [3.63, 3.8) is 0 Å². The van der Waals surface area contributed by atoms with Crippen LogP contribution in [0.5, 0.6) is 0 Å². The Morgan fingerprint density at radius 3 is 1.64 bits per heavy atom. The lowest BCUT2D eigenvalue weighted by molar-refractivity contribution is -0.564. The van der Waals surface area contributed by atoms with Crippen molar-refractivity contribution in [1.82, 2.24) is 0 Å². The summed E-state index contributed by atoms with van der Waals surface area (Å²) in [6.07, 6.45) is 4.05. The first-order valence-corrected chi connectivity index (χ1v) is 3.14. The highest BCUT2D eigenvalue weighted by molar-refractivity contribution is 5.24. The first kappa shape index (κ1) is 8.20. The Balaban J connectivity index is 2.95. The molecule has 1 saturated heterocycles. The molecule has 1 aliphatic rings. The van der Waals surface area contributed by atoms with E-state index in [1.165, 1.54) is 18.2 Å². The summed E-state index contributed by atoms with van der Waals surface area (Å²) in [5.74, 6) is -1.52. The molecular weight excluding hydrogens is 144 g/mol. The molecule has 3 heteroatoms. The highest BCUT2D eigenvalue weighted by Crippen LogP contribution is 2.41. The van der Waals surface area contributed by atoms with E-state index in [1.54, 1.807) is 0 Å². The van der Waals surface area contributed by atoms with E-state index in [1.807, 2.05) is 0 Å². The molecule has 3 nitrogen and oxygen atoms in total. The first-order chi connectivity index (χ1) is 5.14. The summed E-state index contributed by atoms with van der Waals surface area (Å²) in [5, 5.41) is 9.52. The lowest BCUT2D eigenvalue weighted by Crippen LogP contribution is -2.63. The molecule has 0 bridgehead atoms. The van der Waals surface area contributed by atoms with Crippen LogP contribution in [0.2, 0.25) is 0 Å². The fraction of sp³-hybridized carbons (Fsp3) is 0.250. The zero-order valence-corrected chi connectivity index (χ0v) is 6.12. The summed E-state index contributed by atoms with van der Waals surface area (Å²) in [4.78, 5) is 9.13. The highest BCUT2D eigenvalue weighted by atomic mass is 17.3. The zero-order chi connectivity index (χ0) is 8.54. The van der Waals surface area contributed by atoms with Crippen LogP contribution in [0.3, 0.4) is 0 Å². The third-order valence-corrected chi connectivity index (χ3v) is 1.75. The average Bonchev–Trinajstić information content (AvgIpc) is 2.04. The van der Waals surface area contributed by atoms with Gasteiger partial charge < -0.3 is 5.11 Å². The molecule has 11 heavy (non-hydrogen) atoms. The number of rotatable bonds is 3. The smallest absolute Gasteiger partial charge is 0.258 e. The third-order valence-electron chi connectivity index (χ3n) is 1.75. The minimum atomic E-state index is -1.52. The van der Waals surface area contributed by atoms with Gasteiger partial charge in [-0.05, 0) is 18.2 Å². The molecule has 60 valence electrons. The van der Waals surface area contributed by atoms with E-state index in [0.29, 0.717) is 0 Å². The van der Waals surface area contributed by atoms with Crippen LogP contribution in [0.15, 0.2) is 38.0 Å². The summed E-state index contributed by atoms with van der Waals surface area (Å²) in [7, 11) is 0. The maximum atomic E-state index is 9.52. The Kier molecular flexibility index (Phi) is 1.72. The standard InChI is InChI=1S/C8H10O3/c1-4-7(5-2)8(9,6-3)11-10-7/h4-6,9H,1-3H2. The van der Waals surface area contributed by atoms with Crippen molar-refractivity contribution in [3.05, 3.63) is 38.0 Å². The van der Waals surface area contributed by atoms with Gasteiger partial charge >= 0.3 is 0 Å². The molecule has 0 amide bonds. The highest BCUT2D eigenvalue weighted by Gasteiger charge is 2.58. The van der Waals surface area contributed by atoms with Crippen molar-refractivity contribution < 1.29 is 14.9 Å². The molecule has 1 heterocycles. The van der Waals surface area contributed by atoms with E-state index >= 15 is 0 Å². The van der Waals surface area contributed by atoms with Crippen LogP contribution >= 0.6 is 0 Å². The van der Waals surface area contributed by atoms with Gasteiger partial charge in [-0.3, -0.25) is 0 Å². The number of hydrogen-bond acceptors (Lipinski definition) is 3. The van der Waals surface area contributed by atoms with Gasteiger partial charge in [-0.25, -0.2) is 4.89 Å². The Bertz CT molecular complexity index is 201. The zero-order valence-electron chi connectivity index (χ0n) is 6.12. The van der Waals surface area contributed by atoms with Crippen LogP contribution in [0.1, 0.15) is 0 Å². The van der Waals surface area contributed by atoms with Gasteiger partial charge in [0.05, 0.1) is 0 Å². The first-order valence-electron chi connectivity index (χ1n) is 3.14. The van der Waals surface area contributed by atoms with Crippen molar-refractivity contribution in [2.24, 2.45) is 0 Å². The van der Waals surface area contributed by atoms with Gasteiger partial charge in [0.1, 0.15) is 0 Å². The predicted molar refractivity (Wildman–Crippen MR) is 40.4 cm³/mol. The molecule has 1 unspecified atom stereocenters. The van der Waals surface area contributed by atoms with E-state index < -0.39 is 11.4 Å². The Hall–Kier alpha value is -0.900. The van der Waals surface area contributed by atoms with Crippen LogP contribution in [0, 0.1) is 0 Å². The van der Waals surface area contributed by atoms with Gasteiger partial charge in [0.15, 0.2) is 5.60 Å². The second-order valence-corrected chi connectivity index (χ2v) is 2.27. The number of hydrogen-bond donors (Lipinski definition) is 1. The molecule has 0 aromatic carbocycles. The van der Waals surface area contributed by atoms with Crippen LogP contribution in [-0.2, 0) is 9.78 Å². The van der Waals surface area contributed by atoms with E-state index in [-0.39, 0.29) is 0 Å². The van der Waals surface area contributed by atoms with Gasteiger partial charge in [0, 0.05) is 0 Å². The fourth-order valence-corrected chi connectivity index (χ4v) is 0.861. The van der Waals surface area contributed by atoms with E-state index in [4.69, 9.17) is 0 Å². The maximum absolute atomic E-state index is 9.52. The predicted octanol–water partition coefficient (Wildman–Crippen LogP) is 0.934. The van der Waals surface area contributed by atoms with Crippen LogP contribution in [0.25, 0.3) is 0 Å². The summed E-state index contributed by atoms with van der Waals surface area (Å²) in [6, 6.07) is 0. The Morgan fingerprint density at radius 2 is 1.55 bits per heavy atom. The van der Waals surface area contributed by atoms with Crippen molar-refractivity contribution in [2.75, 3.05) is 0 Å². The van der Waals surface area contributed by atoms with E-state index in [2.05, 4.69) is 29.5 Å². The molecule has 1 aliphatic heterocycles. The van der Waals surface area contributed by atoms with Crippen molar-refractivity contribution in [3.8, 4) is 0 Å². The van der Waals surface area contributed by atoms with Crippen molar-refractivity contribution in [1.29, 1.82) is 0 Å². The van der Waals surface area contributed by atoms with Gasteiger partial charge in [-0.1, -0.05) is 19.7 Å². The van der Waals surface area contributed by atoms with Crippen LogP contribution in [0.4, 0.5) is 0 Å². The van der Waals surface area contributed by atoms with Gasteiger partial charge in [-0.2, -0.15) is 4.89 Å². The van der Waals surface area contributed by atoms with Crippen LogP contribution in [-0.4, -0.2) is 16.5 Å². The molecule has 0 saturated carbocycles. The van der Waals surface area contributed by atoms with Crippen LogP contribution < -0.4 is 0 Å². The topological polar surface area (TPSA) is 38.7 Å². The lowest BCUT2D eigenvalue weighted by Gasteiger charge is -2.47. The molecule has 0 spiro atoms. The van der Waals surface area contributed by atoms with Gasteiger partial charge in [0.25, 0.3) is 5.79 Å². The lowest BCUT2D eigenvalue weighted by atomic mass is 9.91. The molecule has 0 aromatic rings. The molecule has 1 N–H and O–H groups in total. The molecule has 1 atom stereocenters. The van der Waals surface area contributed by atoms with Crippen molar-refractivity contribution in [2.45, 2.75) is 11.4 Å². The summed E-state index contributed by atoms with van der Waals surface area (Å²) in [5.41, 5.74) is -1.05. The normalized spacial score (nSPS) is 33.5. The van der Waals surface area contributed by atoms with Gasteiger partial charge in [-0.15, -0.1) is 0 Å². The summed E-state index contributed by atoms with van der Waals surface area (Å²) < 4.78 is 0.